The van der Waals surface area contributed by atoms with Crippen LogP contribution in [0.25, 0.3) is 0 Å². The highest BCUT2D eigenvalue weighted by Gasteiger charge is 2.45. The molecule has 0 bridgehead atoms. The molecule has 1 aromatic heterocycles. The summed E-state index contributed by atoms with van der Waals surface area (Å²) in [6, 6.07) is 15.8. The Balaban J connectivity index is 1.82. The van der Waals surface area contributed by atoms with Crippen molar-refractivity contribution in [3.8, 4) is 0 Å². The summed E-state index contributed by atoms with van der Waals surface area (Å²) < 4.78 is 0. The molecular formula is C19H21N3S. The fraction of sp³-hybridized carbons (Fsp3) is 0.368. The molecule has 3 nitrogen and oxygen atoms in total. The molecule has 0 aliphatic carbocycles. The maximum Gasteiger partial charge on any atom is 0.160 e. The highest BCUT2D eigenvalue weighted by Crippen LogP contribution is 2.48. The van der Waals surface area contributed by atoms with Crippen LogP contribution in [0.2, 0.25) is 0 Å². The molecular weight excluding hydrogens is 302 g/mol. The first kappa shape index (κ1) is 14.8. The summed E-state index contributed by atoms with van der Waals surface area (Å²) in [5, 5.41) is 1.20. The number of rotatable bonds is 3. The molecule has 1 aromatic carbocycles. The number of fused-ring (bicyclic) bond motifs is 1. The number of nitrogens with zero attached hydrogens (tertiary/aromatic N) is 3. The summed E-state index contributed by atoms with van der Waals surface area (Å²) in [7, 11) is 0. The van der Waals surface area contributed by atoms with Crippen molar-refractivity contribution in [3.05, 3.63) is 65.5 Å². The Labute approximate surface area is 141 Å². The van der Waals surface area contributed by atoms with E-state index in [1.54, 1.807) is 0 Å². The SMILES string of the molecule is CC[C@H]1CSC2=N[C@H](c3ccccn3)[C@@H](c3ccccc3C)N21. The van der Waals surface area contributed by atoms with E-state index in [9.17, 15) is 0 Å². The largest absolute Gasteiger partial charge is 0.338 e. The lowest BCUT2D eigenvalue weighted by Gasteiger charge is -2.32. The molecule has 4 heteroatoms. The lowest BCUT2D eigenvalue weighted by Crippen LogP contribution is -2.35. The Morgan fingerprint density at radius 1 is 1.17 bits per heavy atom. The van der Waals surface area contributed by atoms with Crippen LogP contribution in [-0.2, 0) is 0 Å². The van der Waals surface area contributed by atoms with Crippen molar-refractivity contribution < 1.29 is 0 Å². The van der Waals surface area contributed by atoms with Crippen LogP contribution in [-0.4, -0.2) is 26.8 Å². The van der Waals surface area contributed by atoms with Crippen LogP contribution >= 0.6 is 11.8 Å². The molecule has 0 amide bonds. The van der Waals surface area contributed by atoms with Crippen LogP contribution in [0.15, 0.2) is 53.7 Å². The maximum absolute atomic E-state index is 5.06. The van der Waals surface area contributed by atoms with Crippen molar-refractivity contribution in [1.29, 1.82) is 0 Å². The topological polar surface area (TPSA) is 28.5 Å². The number of hydrogen-bond donors (Lipinski definition) is 0. The highest BCUT2D eigenvalue weighted by molar-refractivity contribution is 8.14. The van der Waals surface area contributed by atoms with E-state index in [-0.39, 0.29) is 12.1 Å². The summed E-state index contributed by atoms with van der Waals surface area (Å²) in [5.74, 6) is 1.15. The van der Waals surface area contributed by atoms with Crippen LogP contribution in [0, 0.1) is 6.92 Å². The number of aromatic nitrogens is 1. The second-order valence-corrected chi connectivity index (χ2v) is 7.18. The molecule has 4 rings (SSSR count). The lowest BCUT2D eigenvalue weighted by molar-refractivity contribution is 0.254. The molecule has 1 saturated heterocycles. The van der Waals surface area contributed by atoms with Gasteiger partial charge in [-0.1, -0.05) is 49.0 Å². The second-order valence-electron chi connectivity index (χ2n) is 6.19. The van der Waals surface area contributed by atoms with Crippen molar-refractivity contribution in [2.45, 2.75) is 38.4 Å². The Bertz CT molecular complexity index is 728. The fourth-order valence-electron chi connectivity index (χ4n) is 3.61. The molecule has 2 aliphatic heterocycles. The number of benzene rings is 1. The lowest BCUT2D eigenvalue weighted by atomic mass is 9.92. The Kier molecular flexibility index (Phi) is 3.85. The van der Waals surface area contributed by atoms with E-state index in [4.69, 9.17) is 4.99 Å². The molecule has 118 valence electrons. The van der Waals surface area contributed by atoms with Crippen molar-refractivity contribution >= 4 is 16.9 Å². The zero-order valence-electron chi connectivity index (χ0n) is 13.5. The van der Waals surface area contributed by atoms with E-state index in [1.165, 1.54) is 16.3 Å². The first-order valence-corrected chi connectivity index (χ1v) is 9.23. The van der Waals surface area contributed by atoms with Crippen molar-refractivity contribution in [2.75, 3.05) is 5.75 Å². The first-order valence-electron chi connectivity index (χ1n) is 8.25. The van der Waals surface area contributed by atoms with Gasteiger partial charge in [0, 0.05) is 18.0 Å². The molecule has 3 heterocycles. The van der Waals surface area contributed by atoms with Gasteiger partial charge in [-0.3, -0.25) is 9.98 Å². The quantitative estimate of drug-likeness (QED) is 0.840. The third-order valence-electron chi connectivity index (χ3n) is 4.84. The monoisotopic (exact) mass is 323 g/mol. The van der Waals surface area contributed by atoms with Crippen LogP contribution in [0.5, 0.6) is 0 Å². The average molecular weight is 323 g/mol. The van der Waals surface area contributed by atoms with Crippen molar-refractivity contribution in [2.24, 2.45) is 4.99 Å². The number of amidine groups is 1. The highest BCUT2D eigenvalue weighted by atomic mass is 32.2. The van der Waals surface area contributed by atoms with Gasteiger partial charge < -0.3 is 4.90 Å². The fourth-order valence-corrected chi connectivity index (χ4v) is 4.94. The van der Waals surface area contributed by atoms with Gasteiger partial charge in [-0.2, -0.15) is 0 Å². The Morgan fingerprint density at radius 2 is 2.00 bits per heavy atom. The summed E-state index contributed by atoms with van der Waals surface area (Å²) >= 11 is 1.90. The molecule has 2 aliphatic rings. The molecule has 1 fully saturated rings. The molecule has 0 unspecified atom stereocenters. The predicted molar refractivity (Wildman–Crippen MR) is 96.7 cm³/mol. The van der Waals surface area contributed by atoms with Gasteiger partial charge in [0.05, 0.1) is 11.7 Å². The van der Waals surface area contributed by atoms with Gasteiger partial charge >= 0.3 is 0 Å². The van der Waals surface area contributed by atoms with E-state index in [0.29, 0.717) is 6.04 Å². The van der Waals surface area contributed by atoms with Crippen molar-refractivity contribution in [1.82, 2.24) is 9.88 Å². The number of aryl methyl sites for hydroxylation is 1. The minimum absolute atomic E-state index is 0.0918. The van der Waals surface area contributed by atoms with E-state index in [1.807, 2.05) is 24.0 Å². The third kappa shape index (κ3) is 2.45. The van der Waals surface area contributed by atoms with E-state index < -0.39 is 0 Å². The number of thioether (sulfide) groups is 1. The normalized spacial score (nSPS) is 26.3. The standard InChI is InChI=1S/C19H21N3S/c1-3-14-12-23-19-21-17(16-10-6-7-11-20-16)18(22(14)19)15-9-5-4-8-13(15)2/h4-11,14,17-18H,3,12H2,1-2H3/t14-,17+,18+/m0/s1. The minimum Gasteiger partial charge on any atom is -0.338 e. The van der Waals surface area contributed by atoms with E-state index in [2.05, 4.69) is 60.1 Å². The van der Waals surface area contributed by atoms with Gasteiger partial charge in [0.1, 0.15) is 6.04 Å². The van der Waals surface area contributed by atoms with Gasteiger partial charge in [-0.05, 0) is 36.6 Å². The molecule has 0 saturated carbocycles. The molecule has 23 heavy (non-hydrogen) atoms. The number of aliphatic imine (C=N–C) groups is 1. The van der Waals surface area contributed by atoms with E-state index >= 15 is 0 Å². The summed E-state index contributed by atoms with van der Waals surface area (Å²) in [5.41, 5.74) is 3.78. The second kappa shape index (κ2) is 6.00. The van der Waals surface area contributed by atoms with Gasteiger partial charge in [-0.25, -0.2) is 0 Å². The van der Waals surface area contributed by atoms with Crippen molar-refractivity contribution in [3.63, 3.8) is 0 Å². The smallest absolute Gasteiger partial charge is 0.160 e. The van der Waals surface area contributed by atoms with E-state index in [0.717, 1.165) is 17.9 Å². The van der Waals surface area contributed by atoms with Crippen LogP contribution in [0.3, 0.4) is 0 Å². The molecule has 0 radical (unpaired) electrons. The van der Waals surface area contributed by atoms with Crippen LogP contribution < -0.4 is 0 Å². The van der Waals surface area contributed by atoms with Crippen LogP contribution in [0.4, 0.5) is 0 Å². The summed E-state index contributed by atoms with van der Waals surface area (Å²) in [4.78, 5) is 12.2. The van der Waals surface area contributed by atoms with Gasteiger partial charge in [0.2, 0.25) is 0 Å². The minimum atomic E-state index is 0.0918. The predicted octanol–water partition coefficient (Wildman–Crippen LogP) is 4.37. The zero-order valence-corrected chi connectivity index (χ0v) is 14.3. The molecule has 2 aromatic rings. The average Bonchev–Trinajstić information content (AvgIpc) is 3.15. The van der Waals surface area contributed by atoms with Gasteiger partial charge in [0.15, 0.2) is 5.17 Å². The Hall–Kier alpha value is -1.81. The Morgan fingerprint density at radius 3 is 2.74 bits per heavy atom. The maximum atomic E-state index is 5.06. The first-order chi connectivity index (χ1) is 11.3. The van der Waals surface area contributed by atoms with Gasteiger partial charge in [0.25, 0.3) is 0 Å². The molecule has 3 atom stereocenters. The number of pyridine rings is 1. The third-order valence-corrected chi connectivity index (χ3v) is 5.96. The van der Waals surface area contributed by atoms with Crippen LogP contribution in [0.1, 0.15) is 42.2 Å². The molecule has 0 spiro atoms. The molecule has 0 N–H and O–H groups in total. The summed E-state index contributed by atoms with van der Waals surface area (Å²) in [6.45, 7) is 4.48. The summed E-state index contributed by atoms with van der Waals surface area (Å²) in [6.07, 6.45) is 3.03. The number of hydrogen-bond acceptors (Lipinski definition) is 4. The van der Waals surface area contributed by atoms with Gasteiger partial charge in [-0.15, -0.1) is 0 Å². The zero-order chi connectivity index (χ0) is 15.8.